The van der Waals surface area contributed by atoms with Crippen molar-refractivity contribution in [2.24, 2.45) is 11.8 Å². The SMILES string of the molecule is Cc1ccc(-c2cc(C(=O)NC3CC3)cc([C@@H]3C(=O)NCC3C(C)C)c2)cc1. The lowest BCUT2D eigenvalue weighted by Crippen LogP contribution is -2.26. The highest BCUT2D eigenvalue weighted by molar-refractivity contribution is 5.97. The van der Waals surface area contributed by atoms with Crippen LogP contribution in [0.4, 0.5) is 0 Å². The second kappa shape index (κ2) is 7.42. The summed E-state index contributed by atoms with van der Waals surface area (Å²) < 4.78 is 0. The maximum absolute atomic E-state index is 12.8. The van der Waals surface area contributed by atoms with E-state index in [1.54, 1.807) is 0 Å². The van der Waals surface area contributed by atoms with Crippen LogP contribution in [-0.2, 0) is 4.79 Å². The van der Waals surface area contributed by atoms with Gasteiger partial charge in [0.25, 0.3) is 5.91 Å². The number of carbonyl (C=O) groups excluding carboxylic acids is 2. The molecule has 2 aliphatic rings. The number of aryl methyl sites for hydroxylation is 1. The van der Waals surface area contributed by atoms with E-state index in [1.165, 1.54) is 5.56 Å². The lowest BCUT2D eigenvalue weighted by atomic mass is 9.80. The highest BCUT2D eigenvalue weighted by Crippen LogP contribution is 2.36. The molecule has 0 radical (unpaired) electrons. The van der Waals surface area contributed by atoms with E-state index in [0.29, 0.717) is 24.1 Å². The Balaban J connectivity index is 1.78. The molecular formula is C24H28N2O2. The molecule has 0 aromatic heterocycles. The van der Waals surface area contributed by atoms with Crippen LogP contribution in [0.2, 0.25) is 0 Å². The first-order valence-electron chi connectivity index (χ1n) is 10.2. The maximum atomic E-state index is 12.8. The predicted molar refractivity (Wildman–Crippen MR) is 111 cm³/mol. The molecule has 4 rings (SSSR count). The van der Waals surface area contributed by atoms with Gasteiger partial charge in [0.2, 0.25) is 5.91 Å². The fourth-order valence-corrected chi connectivity index (χ4v) is 4.03. The second-order valence-electron chi connectivity index (χ2n) is 8.59. The molecule has 1 unspecified atom stereocenters. The number of nitrogens with one attached hydrogen (secondary N) is 2. The minimum absolute atomic E-state index is 0.0442. The van der Waals surface area contributed by atoms with E-state index < -0.39 is 0 Å². The van der Waals surface area contributed by atoms with E-state index in [1.807, 2.05) is 12.1 Å². The third kappa shape index (κ3) is 3.82. The van der Waals surface area contributed by atoms with Gasteiger partial charge in [0.1, 0.15) is 0 Å². The molecule has 1 aliphatic carbocycles. The van der Waals surface area contributed by atoms with E-state index in [4.69, 9.17) is 0 Å². The Morgan fingerprint density at radius 1 is 1.07 bits per heavy atom. The van der Waals surface area contributed by atoms with Gasteiger partial charge in [-0.15, -0.1) is 0 Å². The van der Waals surface area contributed by atoms with Crippen LogP contribution in [0.15, 0.2) is 42.5 Å². The lowest BCUT2D eigenvalue weighted by molar-refractivity contribution is -0.120. The van der Waals surface area contributed by atoms with Gasteiger partial charge >= 0.3 is 0 Å². The first kappa shape index (κ1) is 18.7. The number of benzene rings is 2. The first-order valence-corrected chi connectivity index (χ1v) is 10.2. The predicted octanol–water partition coefficient (Wildman–Crippen LogP) is 4.04. The van der Waals surface area contributed by atoms with Crippen molar-refractivity contribution in [1.82, 2.24) is 10.6 Å². The molecular weight excluding hydrogens is 348 g/mol. The first-order chi connectivity index (χ1) is 13.4. The Labute approximate surface area is 166 Å². The smallest absolute Gasteiger partial charge is 0.251 e. The van der Waals surface area contributed by atoms with Crippen molar-refractivity contribution in [2.45, 2.75) is 45.6 Å². The van der Waals surface area contributed by atoms with Gasteiger partial charge in [-0.25, -0.2) is 0 Å². The minimum atomic E-state index is -0.210. The van der Waals surface area contributed by atoms with Crippen LogP contribution in [0.1, 0.15) is 54.1 Å². The number of amides is 2. The minimum Gasteiger partial charge on any atom is -0.355 e. The average Bonchev–Trinajstić information content (AvgIpc) is 3.40. The summed E-state index contributed by atoms with van der Waals surface area (Å²) in [5, 5.41) is 6.10. The van der Waals surface area contributed by atoms with Gasteiger partial charge in [-0.1, -0.05) is 49.7 Å². The molecule has 1 aliphatic heterocycles. The Hall–Kier alpha value is -2.62. The van der Waals surface area contributed by atoms with Gasteiger partial charge in [0.15, 0.2) is 0 Å². The number of hydrogen-bond acceptors (Lipinski definition) is 2. The van der Waals surface area contributed by atoms with Crippen molar-refractivity contribution in [3.63, 3.8) is 0 Å². The molecule has 4 nitrogen and oxygen atoms in total. The van der Waals surface area contributed by atoms with Gasteiger partial charge < -0.3 is 10.6 Å². The molecule has 1 saturated heterocycles. The second-order valence-corrected chi connectivity index (χ2v) is 8.59. The summed E-state index contributed by atoms with van der Waals surface area (Å²) in [5.41, 5.74) is 4.82. The Kier molecular flexibility index (Phi) is 4.96. The van der Waals surface area contributed by atoms with Crippen molar-refractivity contribution in [2.75, 3.05) is 6.54 Å². The van der Waals surface area contributed by atoms with Crippen LogP contribution < -0.4 is 10.6 Å². The Bertz CT molecular complexity index is 897. The van der Waals surface area contributed by atoms with Crippen LogP contribution >= 0.6 is 0 Å². The zero-order valence-electron chi connectivity index (χ0n) is 16.8. The molecule has 28 heavy (non-hydrogen) atoms. The summed E-state index contributed by atoms with van der Waals surface area (Å²) in [6.07, 6.45) is 2.10. The standard InChI is InChI=1S/C24H28N2O2/c1-14(2)21-13-25-24(28)22(21)18-10-17(16-6-4-15(3)5-7-16)11-19(12-18)23(27)26-20-8-9-20/h4-7,10-12,14,20-22H,8-9,13H2,1-3H3,(H,25,28)(H,26,27)/t21?,22-/m0/s1. The molecule has 0 bridgehead atoms. The fraction of sp³-hybridized carbons (Fsp3) is 0.417. The lowest BCUT2D eigenvalue weighted by Gasteiger charge is -2.22. The summed E-state index contributed by atoms with van der Waals surface area (Å²) in [6.45, 7) is 7.06. The van der Waals surface area contributed by atoms with E-state index in [9.17, 15) is 9.59 Å². The third-order valence-electron chi connectivity index (χ3n) is 5.95. The molecule has 4 heteroatoms. The van der Waals surface area contributed by atoms with Gasteiger partial charge in [0, 0.05) is 18.2 Å². The van der Waals surface area contributed by atoms with Gasteiger partial charge in [-0.2, -0.15) is 0 Å². The molecule has 2 N–H and O–H groups in total. The van der Waals surface area contributed by atoms with E-state index in [-0.39, 0.29) is 23.7 Å². The van der Waals surface area contributed by atoms with Crippen molar-refractivity contribution >= 4 is 11.8 Å². The molecule has 0 spiro atoms. The van der Waals surface area contributed by atoms with Crippen LogP contribution in [-0.4, -0.2) is 24.4 Å². The van der Waals surface area contributed by atoms with Gasteiger partial charge in [0.05, 0.1) is 5.92 Å². The van der Waals surface area contributed by atoms with Crippen molar-refractivity contribution in [3.8, 4) is 11.1 Å². The van der Waals surface area contributed by atoms with E-state index in [2.05, 4.69) is 61.7 Å². The summed E-state index contributed by atoms with van der Waals surface area (Å²) in [4.78, 5) is 25.4. The molecule has 1 heterocycles. The summed E-state index contributed by atoms with van der Waals surface area (Å²) >= 11 is 0. The van der Waals surface area contributed by atoms with Crippen molar-refractivity contribution in [3.05, 3.63) is 59.2 Å². The molecule has 1 saturated carbocycles. The summed E-state index contributed by atoms with van der Waals surface area (Å²) in [6, 6.07) is 14.6. The topological polar surface area (TPSA) is 58.2 Å². The zero-order valence-corrected chi connectivity index (χ0v) is 16.8. The van der Waals surface area contributed by atoms with Gasteiger partial charge in [-0.3, -0.25) is 9.59 Å². The molecule has 2 aromatic carbocycles. The molecule has 2 amide bonds. The highest BCUT2D eigenvalue weighted by atomic mass is 16.2. The fourth-order valence-electron chi connectivity index (χ4n) is 4.03. The molecule has 146 valence electrons. The molecule has 2 fully saturated rings. The number of hydrogen-bond donors (Lipinski definition) is 2. The largest absolute Gasteiger partial charge is 0.355 e. The van der Waals surface area contributed by atoms with Crippen LogP contribution in [0.25, 0.3) is 11.1 Å². The summed E-state index contributed by atoms with van der Waals surface area (Å²) in [5.74, 6) is 0.430. The van der Waals surface area contributed by atoms with E-state index >= 15 is 0 Å². The normalized spacial score (nSPS) is 21.6. The van der Waals surface area contributed by atoms with Gasteiger partial charge in [-0.05, 0) is 60.4 Å². The van der Waals surface area contributed by atoms with Crippen molar-refractivity contribution in [1.29, 1.82) is 0 Å². The Morgan fingerprint density at radius 3 is 2.43 bits per heavy atom. The number of carbonyl (C=O) groups is 2. The quantitative estimate of drug-likeness (QED) is 0.827. The third-order valence-corrected chi connectivity index (χ3v) is 5.95. The zero-order chi connectivity index (χ0) is 19.8. The maximum Gasteiger partial charge on any atom is 0.251 e. The highest BCUT2D eigenvalue weighted by Gasteiger charge is 2.38. The van der Waals surface area contributed by atoms with Crippen LogP contribution in [0, 0.1) is 18.8 Å². The van der Waals surface area contributed by atoms with Crippen LogP contribution in [0.5, 0.6) is 0 Å². The average molecular weight is 377 g/mol. The van der Waals surface area contributed by atoms with E-state index in [0.717, 1.165) is 29.5 Å². The summed E-state index contributed by atoms with van der Waals surface area (Å²) in [7, 11) is 0. The van der Waals surface area contributed by atoms with Crippen LogP contribution in [0.3, 0.4) is 0 Å². The molecule has 2 aromatic rings. The molecule has 2 atom stereocenters. The monoisotopic (exact) mass is 376 g/mol. The number of rotatable bonds is 5. The Morgan fingerprint density at radius 2 is 1.79 bits per heavy atom. The van der Waals surface area contributed by atoms with Crippen molar-refractivity contribution < 1.29 is 9.59 Å².